The zero-order valence-corrected chi connectivity index (χ0v) is 21.8. The molecule has 0 saturated carbocycles. The first-order valence-electron chi connectivity index (χ1n) is 12.3. The molecule has 0 aliphatic carbocycles. The summed E-state index contributed by atoms with van der Waals surface area (Å²) in [4.78, 5) is 0. The van der Waals surface area contributed by atoms with Crippen LogP contribution >= 0.6 is 0 Å². The fourth-order valence-corrected chi connectivity index (χ4v) is 4.95. The first-order chi connectivity index (χ1) is 15.5. The van der Waals surface area contributed by atoms with Gasteiger partial charge in [-0.1, -0.05) is 90.9 Å². The lowest BCUT2D eigenvalue weighted by molar-refractivity contribution is -0.557. The van der Waals surface area contributed by atoms with Crippen LogP contribution in [0.3, 0.4) is 0 Å². The highest BCUT2D eigenvalue weighted by Crippen LogP contribution is 2.34. The monoisotopic (exact) mass is 439 g/mol. The Balaban J connectivity index is 2.22. The molecule has 0 radical (unpaired) electrons. The molecule has 0 spiro atoms. The number of hydrogen-bond donors (Lipinski definition) is 0. The van der Waals surface area contributed by atoms with E-state index in [1.165, 1.54) is 50.4 Å². The Kier molecular flexibility index (Phi) is 5.99. The van der Waals surface area contributed by atoms with Crippen molar-refractivity contribution in [1.29, 1.82) is 0 Å². The lowest BCUT2D eigenvalue weighted by atomic mass is 9.87. The maximum atomic E-state index is 2.54. The quantitative estimate of drug-likeness (QED) is 0.285. The summed E-state index contributed by atoms with van der Waals surface area (Å²) in [5.41, 5.74) is 10.7. The van der Waals surface area contributed by atoms with Crippen molar-refractivity contribution < 1.29 is 4.57 Å². The van der Waals surface area contributed by atoms with E-state index in [0.29, 0.717) is 11.8 Å². The average molecular weight is 440 g/mol. The van der Waals surface area contributed by atoms with Gasteiger partial charge in [-0.25, -0.2) is 4.57 Å². The second-order valence-corrected chi connectivity index (χ2v) is 11.1. The van der Waals surface area contributed by atoms with Crippen molar-refractivity contribution in [3.8, 4) is 17.1 Å². The van der Waals surface area contributed by atoms with Crippen molar-refractivity contribution in [2.24, 2.45) is 7.05 Å². The zero-order valence-electron chi connectivity index (χ0n) is 21.8. The number of aromatic nitrogens is 2. The zero-order chi connectivity index (χ0) is 24.1. The van der Waals surface area contributed by atoms with Gasteiger partial charge in [0.15, 0.2) is 11.0 Å². The van der Waals surface area contributed by atoms with E-state index in [1.54, 1.807) is 0 Å². The van der Waals surface area contributed by atoms with Gasteiger partial charge in [0.1, 0.15) is 5.69 Å². The minimum atomic E-state index is 0.102. The second kappa shape index (κ2) is 8.48. The van der Waals surface area contributed by atoms with Crippen molar-refractivity contribution in [3.63, 3.8) is 0 Å². The Morgan fingerprint density at radius 2 is 1.39 bits per heavy atom. The smallest absolute Gasteiger partial charge is 0.225 e. The summed E-state index contributed by atoms with van der Waals surface area (Å²) in [6, 6.07) is 22.6. The van der Waals surface area contributed by atoms with Gasteiger partial charge in [0.2, 0.25) is 0 Å². The molecule has 0 atom stereocenters. The molecule has 0 unspecified atom stereocenters. The van der Waals surface area contributed by atoms with E-state index in [9.17, 15) is 0 Å². The average Bonchev–Trinajstić information content (AvgIpc) is 3.04. The highest BCUT2D eigenvalue weighted by atomic mass is 15.2. The van der Waals surface area contributed by atoms with E-state index in [0.717, 1.165) is 0 Å². The summed E-state index contributed by atoms with van der Waals surface area (Å²) >= 11 is 0. The highest BCUT2D eigenvalue weighted by molar-refractivity contribution is 5.79. The lowest BCUT2D eigenvalue weighted by Gasteiger charge is -2.19. The van der Waals surface area contributed by atoms with Gasteiger partial charge in [0.25, 0.3) is 5.82 Å². The standard InChI is InChI=1S/C31H39N2/c1-20(2)24-15-12-16-25(21(3)4)29(24)33-27-18-17-23(31(6,7)8)19-28(27)32(9)30(33)26-14-11-10-13-22(26)5/h10-21H,1-9H3/q+1. The summed E-state index contributed by atoms with van der Waals surface area (Å²) in [5.74, 6) is 2.10. The largest absolute Gasteiger partial charge is 0.295 e. The van der Waals surface area contributed by atoms with Gasteiger partial charge in [-0.15, -0.1) is 0 Å². The summed E-state index contributed by atoms with van der Waals surface area (Å²) in [7, 11) is 2.22. The van der Waals surface area contributed by atoms with Gasteiger partial charge >= 0.3 is 0 Å². The lowest BCUT2D eigenvalue weighted by Crippen LogP contribution is -2.36. The van der Waals surface area contributed by atoms with E-state index in [-0.39, 0.29) is 5.41 Å². The van der Waals surface area contributed by atoms with Crippen LogP contribution < -0.4 is 4.57 Å². The van der Waals surface area contributed by atoms with Crippen LogP contribution in [0.1, 0.15) is 82.6 Å². The Morgan fingerprint density at radius 3 is 1.94 bits per heavy atom. The maximum absolute atomic E-state index is 2.54. The number of fused-ring (bicyclic) bond motifs is 1. The molecule has 33 heavy (non-hydrogen) atoms. The van der Waals surface area contributed by atoms with Crippen molar-refractivity contribution in [2.75, 3.05) is 0 Å². The molecule has 3 aromatic carbocycles. The predicted molar refractivity (Wildman–Crippen MR) is 142 cm³/mol. The van der Waals surface area contributed by atoms with Crippen LogP contribution in [0.25, 0.3) is 28.1 Å². The second-order valence-electron chi connectivity index (χ2n) is 11.1. The Hall–Kier alpha value is -2.87. The van der Waals surface area contributed by atoms with Crippen LogP contribution in [0.2, 0.25) is 0 Å². The SMILES string of the molecule is Cc1ccccc1-c1n(C)c2cc(C(C)(C)C)ccc2[n+]1-c1c(C(C)C)cccc1C(C)C. The molecule has 2 nitrogen and oxygen atoms in total. The summed E-state index contributed by atoms with van der Waals surface area (Å²) in [5, 5.41) is 0. The summed E-state index contributed by atoms with van der Waals surface area (Å²) in [6.45, 7) is 18.3. The molecule has 0 amide bonds. The molecule has 0 aliphatic rings. The third-order valence-corrected chi connectivity index (χ3v) is 6.93. The molecular formula is C31H39N2+. The third kappa shape index (κ3) is 4.01. The molecule has 0 saturated heterocycles. The van der Waals surface area contributed by atoms with Gasteiger partial charge < -0.3 is 0 Å². The Labute approximate surface area is 199 Å². The maximum Gasteiger partial charge on any atom is 0.295 e. The predicted octanol–water partition coefficient (Wildman–Crippen LogP) is 7.97. The van der Waals surface area contributed by atoms with Crippen LogP contribution in [-0.2, 0) is 12.5 Å². The highest BCUT2D eigenvalue weighted by Gasteiger charge is 2.32. The summed E-state index contributed by atoms with van der Waals surface area (Å²) < 4.78 is 4.93. The van der Waals surface area contributed by atoms with Gasteiger partial charge in [0.05, 0.1) is 12.6 Å². The van der Waals surface area contributed by atoms with E-state index in [1.807, 2.05) is 0 Å². The number of nitrogens with zero attached hydrogens (tertiary/aromatic N) is 2. The molecule has 4 aromatic rings. The fraction of sp³-hybridized carbons (Fsp3) is 0.387. The molecule has 1 heterocycles. The van der Waals surface area contributed by atoms with E-state index >= 15 is 0 Å². The number of rotatable bonds is 4. The molecular weight excluding hydrogens is 400 g/mol. The molecule has 2 heteroatoms. The molecule has 0 fully saturated rings. The van der Waals surface area contributed by atoms with Gasteiger partial charge in [-0.2, -0.15) is 4.57 Å². The fourth-order valence-electron chi connectivity index (χ4n) is 4.95. The molecule has 0 N–H and O–H groups in total. The van der Waals surface area contributed by atoms with Crippen LogP contribution in [-0.4, -0.2) is 4.57 Å². The van der Waals surface area contributed by atoms with Crippen molar-refractivity contribution >= 4 is 11.0 Å². The Morgan fingerprint density at radius 1 is 0.788 bits per heavy atom. The van der Waals surface area contributed by atoms with E-state index in [4.69, 9.17) is 0 Å². The van der Waals surface area contributed by atoms with Gasteiger partial charge in [-0.05, 0) is 53.5 Å². The first kappa shape index (κ1) is 23.3. The number of benzene rings is 3. The van der Waals surface area contributed by atoms with Crippen molar-refractivity contribution in [1.82, 2.24) is 4.57 Å². The topological polar surface area (TPSA) is 8.81 Å². The molecule has 1 aromatic heterocycles. The van der Waals surface area contributed by atoms with Gasteiger partial charge in [0, 0.05) is 11.1 Å². The molecule has 0 aliphatic heterocycles. The number of imidazole rings is 1. The Bertz CT molecular complexity index is 1290. The minimum absolute atomic E-state index is 0.102. The van der Waals surface area contributed by atoms with Crippen LogP contribution in [0.4, 0.5) is 0 Å². The number of hydrogen-bond acceptors (Lipinski definition) is 0. The molecule has 172 valence electrons. The third-order valence-electron chi connectivity index (χ3n) is 6.93. The van der Waals surface area contributed by atoms with Crippen LogP contribution in [0.15, 0.2) is 60.7 Å². The normalized spacial score (nSPS) is 12.3. The van der Waals surface area contributed by atoms with Crippen LogP contribution in [0, 0.1) is 6.92 Å². The van der Waals surface area contributed by atoms with Gasteiger partial charge in [-0.3, -0.25) is 0 Å². The minimum Gasteiger partial charge on any atom is -0.225 e. The van der Waals surface area contributed by atoms with E-state index < -0.39 is 0 Å². The van der Waals surface area contributed by atoms with Crippen molar-refractivity contribution in [3.05, 3.63) is 82.9 Å². The molecule has 0 bridgehead atoms. The van der Waals surface area contributed by atoms with Crippen molar-refractivity contribution in [2.45, 2.75) is 72.6 Å². The number of aryl methyl sites for hydroxylation is 2. The molecule has 4 rings (SSSR count). The number of para-hydroxylation sites is 1. The van der Waals surface area contributed by atoms with Crippen LogP contribution in [0.5, 0.6) is 0 Å². The first-order valence-corrected chi connectivity index (χ1v) is 12.3. The summed E-state index contributed by atoms with van der Waals surface area (Å²) in [6.07, 6.45) is 0. The van der Waals surface area contributed by atoms with E-state index in [2.05, 4.69) is 132 Å².